The lowest BCUT2D eigenvalue weighted by Crippen LogP contribution is -2.35. The third-order valence-corrected chi connectivity index (χ3v) is 4.42. The molecular weight excluding hydrogens is 300 g/mol. The molecule has 0 amide bonds. The van der Waals surface area contributed by atoms with Crippen molar-refractivity contribution < 1.29 is 4.74 Å². The zero-order valence-electron chi connectivity index (χ0n) is 15.0. The van der Waals surface area contributed by atoms with Crippen LogP contribution in [0.1, 0.15) is 31.0 Å². The van der Waals surface area contributed by atoms with Crippen LogP contribution in [0.5, 0.6) is 5.75 Å². The van der Waals surface area contributed by atoms with Crippen molar-refractivity contribution in [3.05, 3.63) is 35.5 Å². The third kappa shape index (κ3) is 3.78. The fourth-order valence-electron chi connectivity index (χ4n) is 3.21. The van der Waals surface area contributed by atoms with Crippen LogP contribution in [0.25, 0.3) is 0 Å². The molecule has 1 N–H and O–H groups in total. The molecule has 5 heteroatoms. The number of nitrogens with one attached hydrogen (secondary N) is 1. The summed E-state index contributed by atoms with van der Waals surface area (Å²) in [6, 6.07) is 8.10. The number of ether oxygens (including phenoxy) is 1. The molecule has 1 aromatic carbocycles. The second-order valence-corrected chi connectivity index (χ2v) is 6.71. The number of anilines is 3. The highest BCUT2D eigenvalue weighted by atomic mass is 16.5. The first-order valence-electron chi connectivity index (χ1n) is 8.57. The highest BCUT2D eigenvalue weighted by molar-refractivity contribution is 5.64. The molecule has 3 rings (SSSR count). The van der Waals surface area contributed by atoms with Crippen LogP contribution in [0.15, 0.2) is 24.3 Å². The molecule has 5 nitrogen and oxygen atoms in total. The number of aromatic nitrogens is 2. The largest absolute Gasteiger partial charge is 0.495 e. The Bertz CT molecular complexity index is 717. The van der Waals surface area contributed by atoms with Crippen molar-refractivity contribution in [2.45, 2.75) is 33.6 Å². The summed E-state index contributed by atoms with van der Waals surface area (Å²) >= 11 is 0. The minimum absolute atomic E-state index is 0.618. The van der Waals surface area contributed by atoms with Crippen molar-refractivity contribution in [3.8, 4) is 5.75 Å². The maximum Gasteiger partial charge on any atom is 0.229 e. The van der Waals surface area contributed by atoms with Crippen LogP contribution >= 0.6 is 0 Å². The molecule has 2 heterocycles. The summed E-state index contributed by atoms with van der Waals surface area (Å²) in [7, 11) is 1.67. The van der Waals surface area contributed by atoms with E-state index in [1.807, 2.05) is 25.1 Å². The van der Waals surface area contributed by atoms with Gasteiger partial charge in [-0.1, -0.05) is 13.0 Å². The Morgan fingerprint density at radius 3 is 2.79 bits per heavy atom. The Kier molecular flexibility index (Phi) is 4.88. The Morgan fingerprint density at radius 2 is 2.04 bits per heavy atom. The van der Waals surface area contributed by atoms with Crippen molar-refractivity contribution >= 4 is 17.5 Å². The first-order valence-corrected chi connectivity index (χ1v) is 8.57. The van der Waals surface area contributed by atoms with Crippen molar-refractivity contribution in [1.29, 1.82) is 0 Å². The second-order valence-electron chi connectivity index (χ2n) is 6.71. The summed E-state index contributed by atoms with van der Waals surface area (Å²) < 4.78 is 5.43. The van der Waals surface area contributed by atoms with Gasteiger partial charge in [-0.2, -0.15) is 4.98 Å². The van der Waals surface area contributed by atoms with Crippen molar-refractivity contribution in [1.82, 2.24) is 9.97 Å². The molecule has 1 aromatic heterocycles. The van der Waals surface area contributed by atoms with Gasteiger partial charge in [0.2, 0.25) is 5.95 Å². The average Bonchev–Trinajstić information content (AvgIpc) is 2.54. The summed E-state index contributed by atoms with van der Waals surface area (Å²) in [5.41, 5.74) is 3.02. The van der Waals surface area contributed by atoms with Crippen LogP contribution in [0, 0.1) is 19.8 Å². The van der Waals surface area contributed by atoms with E-state index >= 15 is 0 Å². The minimum atomic E-state index is 0.618. The van der Waals surface area contributed by atoms with Gasteiger partial charge in [0.1, 0.15) is 11.6 Å². The van der Waals surface area contributed by atoms with Crippen LogP contribution in [-0.4, -0.2) is 30.2 Å². The first-order chi connectivity index (χ1) is 11.5. The van der Waals surface area contributed by atoms with Gasteiger partial charge in [-0.25, -0.2) is 4.98 Å². The van der Waals surface area contributed by atoms with E-state index in [-0.39, 0.29) is 0 Å². The Hall–Kier alpha value is -2.30. The van der Waals surface area contributed by atoms with Crippen molar-refractivity contribution in [2.75, 3.05) is 30.4 Å². The normalized spacial score (nSPS) is 17.7. The molecule has 0 bridgehead atoms. The third-order valence-electron chi connectivity index (χ3n) is 4.42. The van der Waals surface area contributed by atoms with Crippen molar-refractivity contribution in [3.63, 3.8) is 0 Å². The number of rotatable bonds is 4. The second kappa shape index (κ2) is 7.07. The quantitative estimate of drug-likeness (QED) is 0.917. The lowest BCUT2D eigenvalue weighted by Gasteiger charge is -2.32. The van der Waals surface area contributed by atoms with Gasteiger partial charge in [-0.3, -0.25) is 0 Å². The lowest BCUT2D eigenvalue weighted by molar-refractivity contribution is 0.416. The Labute approximate surface area is 144 Å². The van der Waals surface area contributed by atoms with Gasteiger partial charge in [-0.05, 0) is 50.3 Å². The standard InChI is InChI=1S/C19H26N4O/c1-13-7-8-17(24-4)16(10-13)21-19-20-15(3)11-18(22-19)23-9-5-6-14(2)12-23/h7-8,10-11,14H,5-6,9,12H2,1-4H3,(H,20,21,22). The zero-order valence-corrected chi connectivity index (χ0v) is 15.0. The molecule has 0 spiro atoms. The summed E-state index contributed by atoms with van der Waals surface area (Å²) in [4.78, 5) is 11.6. The van der Waals surface area contributed by atoms with E-state index in [9.17, 15) is 0 Å². The maximum absolute atomic E-state index is 5.43. The van der Waals surface area contributed by atoms with Gasteiger partial charge in [0.25, 0.3) is 0 Å². The van der Waals surface area contributed by atoms with Crippen LogP contribution < -0.4 is 15.0 Å². The van der Waals surface area contributed by atoms with Gasteiger partial charge in [0, 0.05) is 24.8 Å². The van der Waals surface area contributed by atoms with Crippen LogP contribution in [-0.2, 0) is 0 Å². The fourth-order valence-corrected chi connectivity index (χ4v) is 3.21. The topological polar surface area (TPSA) is 50.3 Å². The van der Waals surface area contributed by atoms with Gasteiger partial charge in [0.05, 0.1) is 12.8 Å². The van der Waals surface area contributed by atoms with Crippen molar-refractivity contribution in [2.24, 2.45) is 5.92 Å². The average molecular weight is 326 g/mol. The van der Waals surface area contributed by atoms with Gasteiger partial charge in [-0.15, -0.1) is 0 Å². The molecule has 1 saturated heterocycles. The summed E-state index contributed by atoms with van der Waals surface area (Å²) in [5, 5.41) is 3.32. The lowest BCUT2D eigenvalue weighted by atomic mass is 10.0. The minimum Gasteiger partial charge on any atom is -0.495 e. The molecule has 128 valence electrons. The Morgan fingerprint density at radius 1 is 1.21 bits per heavy atom. The number of aryl methyl sites for hydroxylation is 2. The maximum atomic E-state index is 5.43. The van der Waals surface area contributed by atoms with E-state index in [0.717, 1.165) is 41.6 Å². The van der Waals surface area contributed by atoms with Gasteiger partial charge in [0.15, 0.2) is 0 Å². The molecule has 1 aliphatic rings. The molecular formula is C19H26N4O. The predicted octanol–water partition coefficient (Wildman–Crippen LogP) is 4.08. The molecule has 1 unspecified atom stereocenters. The van der Waals surface area contributed by atoms with Crippen LogP contribution in [0.4, 0.5) is 17.5 Å². The highest BCUT2D eigenvalue weighted by Gasteiger charge is 2.18. The SMILES string of the molecule is COc1ccc(C)cc1Nc1nc(C)cc(N2CCCC(C)C2)n1. The van der Waals surface area contributed by atoms with E-state index in [2.05, 4.69) is 35.1 Å². The molecule has 2 aromatic rings. The molecule has 24 heavy (non-hydrogen) atoms. The van der Waals surface area contributed by atoms with E-state index in [4.69, 9.17) is 9.72 Å². The molecule has 1 atom stereocenters. The van der Waals surface area contributed by atoms with E-state index in [1.54, 1.807) is 7.11 Å². The summed E-state index contributed by atoms with van der Waals surface area (Å²) in [6.45, 7) is 8.49. The highest BCUT2D eigenvalue weighted by Crippen LogP contribution is 2.29. The van der Waals surface area contributed by atoms with Crippen LogP contribution in [0.3, 0.4) is 0 Å². The summed E-state index contributed by atoms with van der Waals surface area (Å²) in [6.07, 6.45) is 2.52. The Balaban J connectivity index is 1.88. The number of piperidine rings is 1. The number of benzene rings is 1. The van der Waals surface area contributed by atoms with E-state index < -0.39 is 0 Å². The van der Waals surface area contributed by atoms with E-state index in [0.29, 0.717) is 11.9 Å². The molecule has 0 saturated carbocycles. The number of nitrogens with zero attached hydrogens (tertiary/aromatic N) is 3. The number of hydrogen-bond acceptors (Lipinski definition) is 5. The smallest absolute Gasteiger partial charge is 0.229 e. The molecule has 0 aliphatic carbocycles. The first kappa shape index (κ1) is 16.6. The molecule has 1 fully saturated rings. The van der Waals surface area contributed by atoms with Gasteiger partial charge >= 0.3 is 0 Å². The summed E-state index contributed by atoms with van der Waals surface area (Å²) in [5.74, 6) is 3.12. The number of hydrogen-bond donors (Lipinski definition) is 1. The zero-order chi connectivity index (χ0) is 17.1. The predicted molar refractivity (Wildman–Crippen MR) is 98.4 cm³/mol. The monoisotopic (exact) mass is 326 g/mol. The fraction of sp³-hybridized carbons (Fsp3) is 0.474. The van der Waals surface area contributed by atoms with Crippen LogP contribution in [0.2, 0.25) is 0 Å². The molecule has 1 aliphatic heterocycles. The number of methoxy groups -OCH3 is 1. The van der Waals surface area contributed by atoms with E-state index in [1.165, 1.54) is 12.8 Å². The van der Waals surface area contributed by atoms with Gasteiger partial charge < -0.3 is 15.0 Å². The molecule has 0 radical (unpaired) electrons.